The Morgan fingerprint density at radius 3 is 2.22 bits per heavy atom. The molecule has 0 spiro atoms. The van der Waals surface area contributed by atoms with E-state index in [1.165, 1.54) is 20.2 Å². The zero-order chi connectivity index (χ0) is 27.4. The third kappa shape index (κ3) is 9.69. The van der Waals surface area contributed by atoms with E-state index in [1.807, 2.05) is 13.8 Å². The molecule has 37 heavy (non-hydrogen) atoms. The molecule has 0 bridgehead atoms. The van der Waals surface area contributed by atoms with E-state index in [0.29, 0.717) is 0 Å². The van der Waals surface area contributed by atoms with Crippen LogP contribution in [0.5, 0.6) is 0 Å². The molecule has 4 atom stereocenters. The first kappa shape index (κ1) is 30.7. The Hall–Kier alpha value is -2.54. The van der Waals surface area contributed by atoms with Crippen LogP contribution in [-0.4, -0.2) is 92.0 Å². The van der Waals surface area contributed by atoms with Crippen molar-refractivity contribution < 1.29 is 33.2 Å². The van der Waals surface area contributed by atoms with Crippen LogP contribution < -0.4 is 21.2 Å². The van der Waals surface area contributed by atoms with E-state index in [4.69, 9.17) is 19.9 Å². The van der Waals surface area contributed by atoms with Crippen molar-refractivity contribution in [1.82, 2.24) is 20.4 Å². The van der Waals surface area contributed by atoms with Crippen LogP contribution in [-0.2, 0) is 33.2 Å². The van der Waals surface area contributed by atoms with Crippen molar-refractivity contribution in [1.29, 1.82) is 0 Å². The van der Waals surface area contributed by atoms with Crippen LogP contribution in [0.2, 0.25) is 0 Å². The monoisotopic (exact) mass is 545 g/mol. The molecule has 0 saturated carbocycles. The van der Waals surface area contributed by atoms with Crippen LogP contribution in [0.15, 0.2) is 9.98 Å². The topological polar surface area (TPSA) is 186 Å². The van der Waals surface area contributed by atoms with Crippen molar-refractivity contribution in [2.45, 2.75) is 77.7 Å². The second-order valence-corrected chi connectivity index (χ2v) is 11.1. The smallest absolute Gasteiger partial charge is 0.323 e. The lowest BCUT2D eigenvalue weighted by atomic mass is 10.2. The maximum atomic E-state index is 13.7. The number of esters is 2. The van der Waals surface area contributed by atoms with Gasteiger partial charge in [-0.1, -0.05) is 26.7 Å². The van der Waals surface area contributed by atoms with E-state index in [9.17, 15) is 18.9 Å². The third-order valence-electron chi connectivity index (χ3n) is 5.55. The molecule has 2 aliphatic rings. The van der Waals surface area contributed by atoms with Crippen LogP contribution in [0.25, 0.3) is 0 Å². The van der Waals surface area contributed by atoms with E-state index in [0.717, 1.165) is 25.7 Å². The standard InChI is InChI=1S/C22H40N7O7P/c1-5-7-10-35-20(31)15(3)27-37(33,28-16(4)21(32)36-11-8-6-2)14-34-12-9-29-13-24-17-18(29)25-22(23)26-19(17)30/h13,15-18H,5-12,14H2,1-4H3,(H2,27,28,33)(H3,23,25,26,30)/t15-,16-,17?,18?/m0/s1. The summed E-state index contributed by atoms with van der Waals surface area (Å²) in [4.78, 5) is 46.7. The summed E-state index contributed by atoms with van der Waals surface area (Å²) in [5.41, 5.74) is 5.65. The molecule has 0 aromatic heterocycles. The van der Waals surface area contributed by atoms with Gasteiger partial charge in [0.05, 0.1) is 26.2 Å². The lowest BCUT2D eigenvalue weighted by Gasteiger charge is -2.28. The maximum Gasteiger partial charge on any atom is 0.323 e. The minimum absolute atomic E-state index is 0.0141. The van der Waals surface area contributed by atoms with Gasteiger partial charge in [-0.05, 0) is 26.7 Å². The predicted molar refractivity (Wildman–Crippen MR) is 138 cm³/mol. The molecule has 5 N–H and O–H groups in total. The van der Waals surface area contributed by atoms with Crippen LogP contribution in [0, 0.1) is 0 Å². The summed E-state index contributed by atoms with van der Waals surface area (Å²) in [7, 11) is -3.62. The Kier molecular flexibility index (Phi) is 12.4. The Morgan fingerprint density at radius 2 is 1.68 bits per heavy atom. The average molecular weight is 546 g/mol. The molecule has 14 nitrogen and oxygen atoms in total. The Bertz CT molecular complexity index is 867. The lowest BCUT2D eigenvalue weighted by Crippen LogP contribution is -2.54. The van der Waals surface area contributed by atoms with Gasteiger partial charge < -0.3 is 24.8 Å². The SMILES string of the molecule is CCCCOC(=O)[C@H](C)NP(=O)(COCCN1C=NC2C(=O)NC(N)=NC21)N[C@@H](C)C(=O)OCCCC. The van der Waals surface area contributed by atoms with Crippen molar-refractivity contribution >= 4 is 37.6 Å². The number of carbonyl (C=O) groups excluding carboxylic acids is 3. The highest BCUT2D eigenvalue weighted by molar-refractivity contribution is 7.59. The zero-order valence-corrected chi connectivity index (χ0v) is 22.9. The quantitative estimate of drug-likeness (QED) is 0.112. The van der Waals surface area contributed by atoms with Gasteiger partial charge in [0.25, 0.3) is 5.91 Å². The normalized spacial score (nSPS) is 20.6. The first-order valence-corrected chi connectivity index (χ1v) is 14.5. The molecule has 1 amide bonds. The minimum atomic E-state index is -3.62. The van der Waals surface area contributed by atoms with Gasteiger partial charge >= 0.3 is 11.9 Å². The molecule has 0 saturated heterocycles. The van der Waals surface area contributed by atoms with E-state index >= 15 is 0 Å². The number of ether oxygens (including phenoxy) is 3. The van der Waals surface area contributed by atoms with Gasteiger partial charge in [-0.25, -0.2) is 15.2 Å². The Labute approximate surface area is 217 Å². The molecule has 2 aliphatic heterocycles. The third-order valence-corrected chi connectivity index (χ3v) is 7.71. The van der Waals surface area contributed by atoms with Crippen LogP contribution in [0.3, 0.4) is 0 Å². The number of nitrogens with zero attached hydrogens (tertiary/aromatic N) is 3. The van der Waals surface area contributed by atoms with Crippen LogP contribution in [0.4, 0.5) is 0 Å². The largest absolute Gasteiger partial charge is 0.465 e. The molecule has 210 valence electrons. The number of aliphatic imine (C=N–C) groups is 2. The molecule has 2 unspecified atom stereocenters. The van der Waals surface area contributed by atoms with Crippen LogP contribution in [0.1, 0.15) is 53.4 Å². The molecule has 0 aliphatic carbocycles. The summed E-state index contributed by atoms with van der Waals surface area (Å²) in [6, 6.07) is -2.51. The molecule has 0 aromatic carbocycles. The summed E-state index contributed by atoms with van der Waals surface area (Å²) < 4.78 is 29.8. The van der Waals surface area contributed by atoms with E-state index in [2.05, 4.69) is 25.5 Å². The predicted octanol–water partition coefficient (Wildman–Crippen LogP) is 0.280. The van der Waals surface area contributed by atoms with Crippen molar-refractivity contribution in [2.24, 2.45) is 15.7 Å². The second kappa shape index (κ2) is 15.0. The number of unbranched alkanes of at least 4 members (excludes halogenated alkanes) is 2. The number of nitrogens with two attached hydrogens (primary N) is 1. The number of nitrogens with one attached hydrogen (secondary N) is 3. The highest BCUT2D eigenvalue weighted by Gasteiger charge is 2.39. The zero-order valence-electron chi connectivity index (χ0n) is 22.0. The van der Waals surface area contributed by atoms with Gasteiger partial charge in [-0.15, -0.1) is 0 Å². The highest BCUT2D eigenvalue weighted by Crippen LogP contribution is 2.37. The lowest BCUT2D eigenvalue weighted by molar-refractivity contribution is -0.145. The summed E-state index contributed by atoms with van der Waals surface area (Å²) in [6.45, 7) is 7.94. The maximum absolute atomic E-state index is 13.7. The van der Waals surface area contributed by atoms with Crippen molar-refractivity contribution in [3.63, 3.8) is 0 Å². The van der Waals surface area contributed by atoms with Gasteiger partial charge in [-0.3, -0.25) is 29.3 Å². The summed E-state index contributed by atoms with van der Waals surface area (Å²) >= 11 is 0. The van der Waals surface area contributed by atoms with E-state index < -0.39 is 43.7 Å². The fraction of sp³-hybridized carbons (Fsp3) is 0.773. The summed E-state index contributed by atoms with van der Waals surface area (Å²) in [6.07, 6.45) is 3.78. The van der Waals surface area contributed by atoms with Crippen molar-refractivity contribution in [3.05, 3.63) is 0 Å². The number of rotatable bonds is 17. The van der Waals surface area contributed by atoms with Gasteiger partial charge in [0.1, 0.15) is 18.4 Å². The molecule has 2 rings (SSSR count). The van der Waals surface area contributed by atoms with Gasteiger partial charge in [0.2, 0.25) is 7.44 Å². The van der Waals surface area contributed by atoms with Crippen molar-refractivity contribution in [3.8, 4) is 0 Å². The average Bonchev–Trinajstić information content (AvgIpc) is 3.24. The number of fused-ring (bicyclic) bond motifs is 1. The molecule has 0 radical (unpaired) electrons. The minimum Gasteiger partial charge on any atom is -0.465 e. The van der Waals surface area contributed by atoms with Crippen molar-refractivity contribution in [2.75, 3.05) is 32.7 Å². The molecule has 0 aromatic rings. The molecule has 2 heterocycles. The number of guanidine groups is 1. The summed E-state index contributed by atoms with van der Waals surface area (Å²) in [5, 5.41) is 7.96. The van der Waals surface area contributed by atoms with Gasteiger partial charge in [-0.2, -0.15) is 0 Å². The van der Waals surface area contributed by atoms with Crippen LogP contribution >= 0.6 is 7.44 Å². The number of hydrogen-bond donors (Lipinski definition) is 4. The number of hydrogen-bond acceptors (Lipinski definition) is 11. The fourth-order valence-corrected chi connectivity index (χ4v) is 5.56. The molecule has 15 heteroatoms. The Morgan fingerprint density at radius 1 is 1.11 bits per heavy atom. The van der Waals surface area contributed by atoms with E-state index in [-0.39, 0.29) is 44.6 Å². The molecular weight excluding hydrogens is 505 g/mol. The summed E-state index contributed by atoms with van der Waals surface area (Å²) in [5.74, 6) is -1.44. The number of amides is 1. The first-order valence-electron chi connectivity index (χ1n) is 12.6. The first-order chi connectivity index (χ1) is 17.6. The Balaban J connectivity index is 1.96. The number of carbonyl (C=O) groups is 3. The van der Waals surface area contributed by atoms with E-state index in [1.54, 1.807) is 4.90 Å². The fourth-order valence-electron chi connectivity index (χ4n) is 3.49. The van der Waals surface area contributed by atoms with Gasteiger partial charge in [0.15, 0.2) is 18.2 Å². The molecular formula is C22H40N7O7P. The van der Waals surface area contributed by atoms with Gasteiger partial charge in [0, 0.05) is 6.54 Å². The highest BCUT2D eigenvalue weighted by atomic mass is 31.2. The molecule has 0 fully saturated rings. The second-order valence-electron chi connectivity index (χ2n) is 8.89.